The highest BCUT2D eigenvalue weighted by atomic mass is 19.1. The first-order chi connectivity index (χ1) is 15.9. The minimum absolute atomic E-state index is 0.295. The van der Waals surface area contributed by atoms with Gasteiger partial charge in [0, 0.05) is 25.9 Å². The van der Waals surface area contributed by atoms with E-state index < -0.39 is 23.5 Å². The molecule has 0 aromatic heterocycles. The van der Waals surface area contributed by atoms with E-state index in [9.17, 15) is 18.8 Å². The number of nitrogens with zero attached hydrogens (tertiary/aromatic N) is 1. The summed E-state index contributed by atoms with van der Waals surface area (Å²) in [6, 6.07) is 10.1. The second-order valence-corrected chi connectivity index (χ2v) is 6.56. The van der Waals surface area contributed by atoms with E-state index in [2.05, 4.69) is 21.2 Å². The number of carbonyl (C=O) groups excluding carboxylic acids is 3. The minimum atomic E-state index is -0.900. The Balaban J connectivity index is 1.85. The molecule has 3 N–H and O–H groups in total. The molecule has 2 rings (SSSR count). The maximum atomic E-state index is 12.9. The molecule has 0 fully saturated rings. The molecule has 0 aliphatic carbocycles. The normalized spacial score (nSPS) is 10.5. The Morgan fingerprint density at radius 2 is 1.79 bits per heavy atom. The van der Waals surface area contributed by atoms with Crippen LogP contribution in [0.25, 0.3) is 0 Å². The largest absolute Gasteiger partial charge is 0.493 e. The van der Waals surface area contributed by atoms with Crippen LogP contribution < -0.4 is 25.5 Å². The number of anilines is 1. The predicted octanol–water partition coefficient (Wildman–Crippen LogP) is 1.45. The smallest absolute Gasteiger partial charge is 0.329 e. The molecule has 2 aromatic rings. The predicted molar refractivity (Wildman–Crippen MR) is 119 cm³/mol. The van der Waals surface area contributed by atoms with Gasteiger partial charge in [-0.2, -0.15) is 5.10 Å². The van der Waals surface area contributed by atoms with Gasteiger partial charge in [-0.1, -0.05) is 0 Å². The Kier molecular flexibility index (Phi) is 10.3. The number of halogens is 1. The van der Waals surface area contributed by atoms with Gasteiger partial charge in [0.2, 0.25) is 0 Å². The molecule has 10 nitrogen and oxygen atoms in total. The Morgan fingerprint density at radius 3 is 2.48 bits per heavy atom. The Labute approximate surface area is 190 Å². The number of rotatable bonds is 11. The lowest BCUT2D eigenvalue weighted by Crippen LogP contribution is -2.38. The van der Waals surface area contributed by atoms with Crippen LogP contribution in [0.1, 0.15) is 12.0 Å². The second kappa shape index (κ2) is 13.4. The van der Waals surface area contributed by atoms with E-state index in [4.69, 9.17) is 14.2 Å². The van der Waals surface area contributed by atoms with Gasteiger partial charge in [-0.05, 0) is 54.4 Å². The molecule has 0 unspecified atom stereocenters. The van der Waals surface area contributed by atoms with Gasteiger partial charge in [0.05, 0.1) is 13.3 Å². The molecule has 2 aromatic carbocycles. The van der Waals surface area contributed by atoms with Gasteiger partial charge in [-0.3, -0.25) is 14.4 Å². The number of carbonyl (C=O) groups is 3. The zero-order chi connectivity index (χ0) is 24.1. The lowest BCUT2D eigenvalue weighted by Gasteiger charge is -2.11. The summed E-state index contributed by atoms with van der Waals surface area (Å²) >= 11 is 0. The summed E-state index contributed by atoms with van der Waals surface area (Å²) in [5.74, 6) is -1.90. The van der Waals surface area contributed by atoms with Crippen molar-refractivity contribution in [1.29, 1.82) is 0 Å². The summed E-state index contributed by atoms with van der Waals surface area (Å²) in [5.41, 5.74) is 3.12. The summed E-state index contributed by atoms with van der Waals surface area (Å²) in [4.78, 5) is 35.4. The third-order valence-electron chi connectivity index (χ3n) is 4.07. The van der Waals surface area contributed by atoms with Gasteiger partial charge >= 0.3 is 11.8 Å². The molecular weight excluding hydrogens is 435 g/mol. The highest BCUT2D eigenvalue weighted by Crippen LogP contribution is 2.27. The maximum absolute atomic E-state index is 12.9. The molecule has 11 heteroatoms. The zero-order valence-corrected chi connectivity index (χ0v) is 18.2. The number of nitrogens with one attached hydrogen (secondary N) is 3. The number of benzene rings is 2. The Hall–Kier alpha value is -3.99. The van der Waals surface area contributed by atoms with Crippen molar-refractivity contribution in [3.8, 4) is 11.5 Å². The molecule has 0 radical (unpaired) electrons. The minimum Gasteiger partial charge on any atom is -0.493 e. The molecule has 0 saturated heterocycles. The summed E-state index contributed by atoms with van der Waals surface area (Å²) < 4.78 is 28.5. The van der Waals surface area contributed by atoms with E-state index in [1.165, 1.54) is 37.6 Å². The van der Waals surface area contributed by atoms with Crippen LogP contribution >= 0.6 is 0 Å². The number of ether oxygens (including phenoxy) is 3. The quantitative estimate of drug-likeness (QED) is 0.202. The zero-order valence-electron chi connectivity index (χ0n) is 18.2. The summed E-state index contributed by atoms with van der Waals surface area (Å²) in [7, 11) is 2.97. The van der Waals surface area contributed by atoms with Crippen LogP contribution in [0, 0.1) is 5.82 Å². The average Bonchev–Trinajstić information content (AvgIpc) is 2.82. The van der Waals surface area contributed by atoms with Crippen molar-refractivity contribution in [2.45, 2.75) is 6.42 Å². The van der Waals surface area contributed by atoms with Crippen molar-refractivity contribution in [1.82, 2.24) is 10.7 Å². The van der Waals surface area contributed by atoms with E-state index >= 15 is 0 Å². The average molecular weight is 460 g/mol. The summed E-state index contributed by atoms with van der Waals surface area (Å²) in [5, 5.41) is 8.77. The highest BCUT2D eigenvalue weighted by Gasteiger charge is 2.12. The van der Waals surface area contributed by atoms with Crippen molar-refractivity contribution in [3.05, 3.63) is 53.8 Å². The molecule has 0 spiro atoms. The van der Waals surface area contributed by atoms with Crippen molar-refractivity contribution < 1.29 is 33.0 Å². The fourth-order valence-corrected chi connectivity index (χ4v) is 2.47. The first-order valence-electron chi connectivity index (χ1n) is 9.89. The molecule has 0 saturated carbocycles. The number of hydrogen-bond donors (Lipinski definition) is 3. The van der Waals surface area contributed by atoms with Crippen molar-refractivity contribution in [2.75, 3.05) is 39.3 Å². The fourth-order valence-electron chi connectivity index (χ4n) is 2.47. The first-order valence-corrected chi connectivity index (χ1v) is 9.89. The third kappa shape index (κ3) is 8.95. The van der Waals surface area contributed by atoms with Crippen LogP contribution in [-0.4, -0.2) is 57.9 Å². The molecule has 3 amide bonds. The van der Waals surface area contributed by atoms with E-state index in [1.807, 2.05) is 0 Å². The van der Waals surface area contributed by atoms with Crippen LogP contribution in [0.2, 0.25) is 0 Å². The standard InChI is InChI=1S/C22H25FN4O6/c1-31-11-3-10-24-21(29)22(30)27-25-13-15-4-9-18(19(12-15)32-2)33-14-20(28)26-17-7-5-16(23)6-8-17/h4-9,12-13H,3,10-11,14H2,1-2H3,(H,24,29)(H,26,28)(H,27,30)/b25-13-. The number of amides is 3. The SMILES string of the molecule is COCCCNC(=O)C(=O)N/N=C\c1ccc(OCC(=O)Nc2ccc(F)cc2)c(OC)c1. The molecule has 176 valence electrons. The number of methoxy groups -OCH3 is 2. The van der Waals surface area contributed by atoms with E-state index in [1.54, 1.807) is 25.3 Å². The third-order valence-corrected chi connectivity index (χ3v) is 4.07. The van der Waals surface area contributed by atoms with Crippen molar-refractivity contribution in [3.63, 3.8) is 0 Å². The molecule has 0 heterocycles. The topological polar surface area (TPSA) is 127 Å². The van der Waals surface area contributed by atoms with Crippen LogP contribution in [0.15, 0.2) is 47.6 Å². The van der Waals surface area contributed by atoms with Gasteiger partial charge in [-0.15, -0.1) is 0 Å². The fraction of sp³-hybridized carbons (Fsp3) is 0.273. The van der Waals surface area contributed by atoms with Gasteiger partial charge in [0.15, 0.2) is 18.1 Å². The highest BCUT2D eigenvalue weighted by molar-refractivity contribution is 6.35. The first kappa shape index (κ1) is 25.3. The van der Waals surface area contributed by atoms with Crippen LogP contribution in [0.3, 0.4) is 0 Å². The Bertz CT molecular complexity index is 981. The van der Waals surface area contributed by atoms with E-state index in [0.717, 1.165) is 0 Å². The lowest BCUT2D eigenvalue weighted by atomic mass is 10.2. The lowest BCUT2D eigenvalue weighted by molar-refractivity contribution is -0.139. The van der Waals surface area contributed by atoms with Gasteiger partial charge < -0.3 is 24.8 Å². The molecule has 0 aliphatic heterocycles. The molecule has 0 bridgehead atoms. The second-order valence-electron chi connectivity index (χ2n) is 6.56. The van der Waals surface area contributed by atoms with Crippen molar-refractivity contribution in [2.24, 2.45) is 5.10 Å². The van der Waals surface area contributed by atoms with Crippen LogP contribution in [0.4, 0.5) is 10.1 Å². The number of hydrazone groups is 1. The van der Waals surface area contributed by atoms with Crippen LogP contribution in [0.5, 0.6) is 11.5 Å². The molecular formula is C22H25FN4O6. The molecule has 33 heavy (non-hydrogen) atoms. The van der Waals surface area contributed by atoms with Crippen molar-refractivity contribution >= 4 is 29.6 Å². The molecule has 0 atom stereocenters. The summed E-state index contributed by atoms with van der Waals surface area (Å²) in [6.45, 7) is 0.488. The molecule has 0 aliphatic rings. The van der Waals surface area contributed by atoms with Gasteiger partial charge in [0.1, 0.15) is 5.82 Å². The van der Waals surface area contributed by atoms with E-state index in [0.29, 0.717) is 42.3 Å². The van der Waals surface area contributed by atoms with Gasteiger partial charge in [0.25, 0.3) is 5.91 Å². The summed E-state index contributed by atoms with van der Waals surface area (Å²) in [6.07, 6.45) is 1.91. The van der Waals surface area contributed by atoms with E-state index in [-0.39, 0.29) is 6.61 Å². The number of hydrogen-bond acceptors (Lipinski definition) is 7. The van der Waals surface area contributed by atoms with Gasteiger partial charge in [-0.25, -0.2) is 9.82 Å². The Morgan fingerprint density at radius 1 is 1.03 bits per heavy atom. The maximum Gasteiger partial charge on any atom is 0.329 e. The van der Waals surface area contributed by atoms with Crippen LogP contribution in [-0.2, 0) is 19.1 Å². The monoisotopic (exact) mass is 460 g/mol.